The summed E-state index contributed by atoms with van der Waals surface area (Å²) < 4.78 is 5.98. The van der Waals surface area contributed by atoms with Crippen LogP contribution in [0.2, 0.25) is 0 Å². The fourth-order valence-corrected chi connectivity index (χ4v) is 3.82. The highest BCUT2D eigenvalue weighted by atomic mass is 16.5. The second-order valence-corrected chi connectivity index (χ2v) is 8.02. The highest BCUT2D eigenvalue weighted by Gasteiger charge is 2.13. The van der Waals surface area contributed by atoms with Gasteiger partial charge in [-0.25, -0.2) is 0 Å². The lowest BCUT2D eigenvalue weighted by atomic mass is 9.98. The maximum Gasteiger partial charge on any atom is 0.191 e. The van der Waals surface area contributed by atoms with Crippen LogP contribution in [0.3, 0.4) is 0 Å². The van der Waals surface area contributed by atoms with Gasteiger partial charge in [0.2, 0.25) is 0 Å². The molecule has 1 aliphatic heterocycles. The number of rotatable bonds is 11. The van der Waals surface area contributed by atoms with E-state index in [9.17, 15) is 0 Å². The van der Waals surface area contributed by atoms with Crippen molar-refractivity contribution >= 4 is 5.96 Å². The lowest BCUT2D eigenvalue weighted by Crippen LogP contribution is -2.44. The van der Waals surface area contributed by atoms with Crippen LogP contribution in [0.1, 0.15) is 58.3 Å². The minimum Gasteiger partial charge on any atom is -0.378 e. The third-order valence-electron chi connectivity index (χ3n) is 5.61. The van der Waals surface area contributed by atoms with Gasteiger partial charge in [-0.2, -0.15) is 0 Å². The third-order valence-corrected chi connectivity index (χ3v) is 5.61. The molecule has 1 aliphatic carbocycles. The van der Waals surface area contributed by atoms with Crippen LogP contribution in [0, 0.1) is 0 Å². The summed E-state index contributed by atoms with van der Waals surface area (Å²) in [5, 5.41) is 6.83. The molecule has 6 nitrogen and oxygen atoms in total. The number of ether oxygens (including phenoxy) is 1. The Morgan fingerprint density at radius 3 is 2.52 bits per heavy atom. The van der Waals surface area contributed by atoms with Crippen LogP contribution in [0.4, 0.5) is 0 Å². The number of hydrogen-bond donors (Lipinski definition) is 2. The molecule has 2 N–H and O–H groups in total. The lowest BCUT2D eigenvalue weighted by molar-refractivity contribution is 0.0281. The van der Waals surface area contributed by atoms with Crippen LogP contribution >= 0.6 is 0 Å². The van der Waals surface area contributed by atoms with Crippen LogP contribution < -0.4 is 10.6 Å². The van der Waals surface area contributed by atoms with Gasteiger partial charge in [0.15, 0.2) is 5.96 Å². The molecule has 0 unspecified atom stereocenters. The maximum absolute atomic E-state index is 5.98. The SMILES string of the molecule is CCNC(=NCCCOC1CCCCC1)NCCCCN1CCN(C)CC1. The summed E-state index contributed by atoms with van der Waals surface area (Å²) in [6.45, 7) is 11.8. The Morgan fingerprint density at radius 1 is 1.00 bits per heavy atom. The van der Waals surface area contributed by atoms with Gasteiger partial charge < -0.3 is 25.2 Å². The van der Waals surface area contributed by atoms with Crippen LogP contribution in [-0.4, -0.2) is 87.9 Å². The van der Waals surface area contributed by atoms with E-state index in [4.69, 9.17) is 9.73 Å². The Kier molecular flexibility index (Phi) is 11.8. The summed E-state index contributed by atoms with van der Waals surface area (Å²) >= 11 is 0. The van der Waals surface area contributed by atoms with Crippen molar-refractivity contribution in [3.8, 4) is 0 Å². The largest absolute Gasteiger partial charge is 0.378 e. The molecular formula is C21H43N5O. The molecule has 6 heteroatoms. The summed E-state index contributed by atoms with van der Waals surface area (Å²) in [7, 11) is 2.21. The predicted octanol–water partition coefficient (Wildman–Crippen LogP) is 2.31. The topological polar surface area (TPSA) is 52.1 Å². The molecule has 27 heavy (non-hydrogen) atoms. The number of hydrogen-bond acceptors (Lipinski definition) is 4. The molecule has 0 aromatic carbocycles. The summed E-state index contributed by atoms with van der Waals surface area (Å²) in [4.78, 5) is 9.69. The second-order valence-electron chi connectivity index (χ2n) is 8.02. The van der Waals surface area contributed by atoms with Crippen molar-refractivity contribution in [2.45, 2.75) is 64.4 Å². The Hall–Kier alpha value is -0.850. The molecule has 0 aromatic rings. The molecular weight excluding hydrogens is 338 g/mol. The first-order chi connectivity index (χ1) is 13.3. The fraction of sp³-hybridized carbons (Fsp3) is 0.952. The van der Waals surface area contributed by atoms with Gasteiger partial charge in [-0.3, -0.25) is 4.99 Å². The van der Waals surface area contributed by atoms with Crippen LogP contribution in [0.5, 0.6) is 0 Å². The standard InChI is InChI=1S/C21H43N5O/c1-3-22-21(24-13-9-19-27-20-10-5-4-6-11-20)23-12-7-8-14-26-17-15-25(2)16-18-26/h20H,3-19H2,1-2H3,(H2,22,23,24). The summed E-state index contributed by atoms with van der Waals surface area (Å²) in [5.41, 5.74) is 0. The average molecular weight is 382 g/mol. The molecule has 0 amide bonds. The van der Waals surface area contributed by atoms with E-state index in [2.05, 4.69) is 34.4 Å². The zero-order chi connectivity index (χ0) is 19.2. The molecule has 2 aliphatic rings. The molecule has 1 saturated carbocycles. The molecule has 0 radical (unpaired) electrons. The molecule has 1 saturated heterocycles. The minimum absolute atomic E-state index is 0.509. The molecule has 0 aromatic heterocycles. The van der Waals surface area contributed by atoms with E-state index in [-0.39, 0.29) is 0 Å². The van der Waals surface area contributed by atoms with Gasteiger partial charge in [0.25, 0.3) is 0 Å². The van der Waals surface area contributed by atoms with E-state index < -0.39 is 0 Å². The van der Waals surface area contributed by atoms with Crippen molar-refractivity contribution in [3.05, 3.63) is 0 Å². The van der Waals surface area contributed by atoms with Gasteiger partial charge in [-0.05, 0) is 52.6 Å². The Labute approximate surface area is 167 Å². The zero-order valence-corrected chi connectivity index (χ0v) is 17.8. The quantitative estimate of drug-likeness (QED) is 0.327. The first-order valence-corrected chi connectivity index (χ1v) is 11.3. The van der Waals surface area contributed by atoms with Crippen molar-refractivity contribution in [1.82, 2.24) is 20.4 Å². The van der Waals surface area contributed by atoms with Crippen LogP contribution in [0.25, 0.3) is 0 Å². The normalized spacial score (nSPS) is 20.7. The van der Waals surface area contributed by atoms with Gasteiger partial charge in [0.1, 0.15) is 0 Å². The lowest BCUT2D eigenvalue weighted by Gasteiger charge is -2.32. The smallest absolute Gasteiger partial charge is 0.191 e. The van der Waals surface area contributed by atoms with Gasteiger partial charge in [0.05, 0.1) is 6.10 Å². The minimum atomic E-state index is 0.509. The van der Waals surface area contributed by atoms with E-state index in [0.717, 1.165) is 38.6 Å². The van der Waals surface area contributed by atoms with E-state index in [1.54, 1.807) is 0 Å². The number of aliphatic imine (C=N–C) groups is 1. The molecule has 1 heterocycles. The van der Waals surface area contributed by atoms with E-state index >= 15 is 0 Å². The summed E-state index contributed by atoms with van der Waals surface area (Å²) in [5.74, 6) is 0.953. The zero-order valence-electron chi connectivity index (χ0n) is 17.8. The van der Waals surface area contributed by atoms with Gasteiger partial charge in [-0.1, -0.05) is 19.3 Å². The van der Waals surface area contributed by atoms with Gasteiger partial charge >= 0.3 is 0 Å². The van der Waals surface area contributed by atoms with E-state index in [1.165, 1.54) is 77.7 Å². The fourth-order valence-electron chi connectivity index (χ4n) is 3.82. The Morgan fingerprint density at radius 2 is 1.78 bits per heavy atom. The number of unbranched alkanes of at least 4 members (excludes halogenated alkanes) is 1. The number of nitrogens with one attached hydrogen (secondary N) is 2. The summed E-state index contributed by atoms with van der Waals surface area (Å²) in [6, 6.07) is 0. The van der Waals surface area contributed by atoms with Crippen molar-refractivity contribution in [3.63, 3.8) is 0 Å². The molecule has 0 atom stereocenters. The molecule has 2 rings (SSSR count). The van der Waals surface area contributed by atoms with E-state index in [0.29, 0.717) is 6.10 Å². The number of likely N-dealkylation sites (N-methyl/N-ethyl adjacent to an activating group) is 1. The maximum atomic E-state index is 5.98. The van der Waals surface area contributed by atoms with Gasteiger partial charge in [-0.15, -0.1) is 0 Å². The number of guanidine groups is 1. The molecule has 2 fully saturated rings. The van der Waals surface area contributed by atoms with Crippen molar-refractivity contribution in [2.24, 2.45) is 4.99 Å². The molecule has 0 spiro atoms. The first-order valence-electron chi connectivity index (χ1n) is 11.3. The van der Waals surface area contributed by atoms with Crippen molar-refractivity contribution in [1.29, 1.82) is 0 Å². The predicted molar refractivity (Wildman–Crippen MR) is 115 cm³/mol. The van der Waals surface area contributed by atoms with Gasteiger partial charge in [0, 0.05) is 52.4 Å². The highest BCUT2D eigenvalue weighted by Crippen LogP contribution is 2.20. The Balaban J connectivity index is 1.49. The third kappa shape index (κ3) is 10.3. The molecule has 0 bridgehead atoms. The Bertz CT molecular complexity index is 390. The van der Waals surface area contributed by atoms with Crippen molar-refractivity contribution in [2.75, 3.05) is 66.0 Å². The monoisotopic (exact) mass is 381 g/mol. The number of nitrogens with zero attached hydrogens (tertiary/aromatic N) is 3. The van der Waals surface area contributed by atoms with Crippen LogP contribution in [-0.2, 0) is 4.74 Å². The average Bonchev–Trinajstić information content (AvgIpc) is 2.69. The highest BCUT2D eigenvalue weighted by molar-refractivity contribution is 5.79. The van der Waals surface area contributed by atoms with Crippen molar-refractivity contribution < 1.29 is 4.74 Å². The van der Waals surface area contributed by atoms with Crippen LogP contribution in [0.15, 0.2) is 4.99 Å². The first kappa shape index (κ1) is 22.4. The molecule has 158 valence electrons. The second kappa shape index (κ2) is 14.2. The number of piperazine rings is 1. The van der Waals surface area contributed by atoms with E-state index in [1.807, 2.05) is 0 Å². The summed E-state index contributed by atoms with van der Waals surface area (Å²) in [6.07, 6.45) is 10.5.